The molecule has 19 heavy (non-hydrogen) atoms. The molecular weight excluding hydrogens is 256 g/mol. The van der Waals surface area contributed by atoms with E-state index in [0.29, 0.717) is 0 Å². The molecular formula is C16H21ClN2. The lowest BCUT2D eigenvalue weighted by Gasteiger charge is -2.19. The molecule has 0 saturated carbocycles. The van der Waals surface area contributed by atoms with Crippen LogP contribution in [-0.2, 0) is 13.1 Å². The molecule has 2 nitrogen and oxygen atoms in total. The van der Waals surface area contributed by atoms with Crippen molar-refractivity contribution in [1.82, 2.24) is 9.88 Å². The van der Waals surface area contributed by atoms with E-state index >= 15 is 0 Å². The Hall–Kier alpha value is -1.25. The second-order valence-corrected chi connectivity index (χ2v) is 6.29. The van der Waals surface area contributed by atoms with E-state index in [1.807, 2.05) is 18.2 Å². The Balaban J connectivity index is 2.00. The van der Waals surface area contributed by atoms with Crippen molar-refractivity contribution in [3.8, 4) is 0 Å². The summed E-state index contributed by atoms with van der Waals surface area (Å²) in [6, 6.07) is 10.1. The molecule has 0 fully saturated rings. The molecule has 1 aromatic carbocycles. The SMILES string of the molecule is CC(C)(C)NCc1ccn(Cc2ccccc2Cl)c1. The van der Waals surface area contributed by atoms with E-state index in [2.05, 4.69) is 55.2 Å². The Morgan fingerprint density at radius 1 is 1.16 bits per heavy atom. The van der Waals surface area contributed by atoms with Gasteiger partial charge in [0.1, 0.15) is 0 Å². The van der Waals surface area contributed by atoms with Crippen molar-refractivity contribution < 1.29 is 0 Å². The Bertz CT molecular complexity index is 538. The molecule has 0 unspecified atom stereocenters. The zero-order valence-electron chi connectivity index (χ0n) is 11.8. The van der Waals surface area contributed by atoms with Crippen molar-refractivity contribution in [2.24, 2.45) is 0 Å². The lowest BCUT2D eigenvalue weighted by Crippen LogP contribution is -2.34. The first-order chi connectivity index (χ1) is 8.94. The number of nitrogens with one attached hydrogen (secondary N) is 1. The number of benzene rings is 1. The molecule has 1 heterocycles. The maximum absolute atomic E-state index is 6.18. The number of halogens is 1. The minimum Gasteiger partial charge on any atom is -0.350 e. The van der Waals surface area contributed by atoms with Gasteiger partial charge in [0.25, 0.3) is 0 Å². The fraction of sp³-hybridized carbons (Fsp3) is 0.375. The summed E-state index contributed by atoms with van der Waals surface area (Å²) < 4.78 is 2.17. The molecule has 0 aliphatic carbocycles. The summed E-state index contributed by atoms with van der Waals surface area (Å²) in [7, 11) is 0. The molecule has 0 spiro atoms. The molecule has 2 aromatic rings. The molecule has 0 saturated heterocycles. The third-order valence-corrected chi connectivity index (χ3v) is 3.31. The second kappa shape index (κ2) is 5.81. The van der Waals surface area contributed by atoms with Crippen LogP contribution in [0.3, 0.4) is 0 Å². The highest BCUT2D eigenvalue weighted by Crippen LogP contribution is 2.16. The van der Waals surface area contributed by atoms with Crippen LogP contribution in [0.15, 0.2) is 42.7 Å². The van der Waals surface area contributed by atoms with E-state index in [1.165, 1.54) is 5.56 Å². The molecule has 1 N–H and O–H groups in total. The van der Waals surface area contributed by atoms with Gasteiger partial charge < -0.3 is 9.88 Å². The summed E-state index contributed by atoms with van der Waals surface area (Å²) >= 11 is 6.18. The van der Waals surface area contributed by atoms with Gasteiger partial charge in [-0.15, -0.1) is 0 Å². The summed E-state index contributed by atoms with van der Waals surface area (Å²) in [5.74, 6) is 0. The average Bonchev–Trinajstić information content (AvgIpc) is 2.77. The van der Waals surface area contributed by atoms with E-state index in [-0.39, 0.29) is 5.54 Å². The maximum Gasteiger partial charge on any atom is 0.0485 e. The van der Waals surface area contributed by atoms with Gasteiger partial charge >= 0.3 is 0 Å². The minimum atomic E-state index is 0.144. The molecule has 0 aliphatic heterocycles. The Morgan fingerprint density at radius 3 is 2.58 bits per heavy atom. The van der Waals surface area contributed by atoms with Gasteiger partial charge in [0.15, 0.2) is 0 Å². The monoisotopic (exact) mass is 276 g/mol. The van der Waals surface area contributed by atoms with Gasteiger partial charge in [-0.05, 0) is 44.0 Å². The van der Waals surface area contributed by atoms with Crippen molar-refractivity contribution in [1.29, 1.82) is 0 Å². The van der Waals surface area contributed by atoms with Crippen molar-refractivity contribution >= 4 is 11.6 Å². The average molecular weight is 277 g/mol. The fourth-order valence-electron chi connectivity index (χ4n) is 1.88. The summed E-state index contributed by atoms with van der Waals surface area (Å²) in [5, 5.41) is 4.31. The number of hydrogen-bond acceptors (Lipinski definition) is 1. The van der Waals surface area contributed by atoms with Crippen LogP contribution in [0.25, 0.3) is 0 Å². The van der Waals surface area contributed by atoms with Gasteiger partial charge in [0.05, 0.1) is 0 Å². The fourth-order valence-corrected chi connectivity index (χ4v) is 2.08. The van der Waals surface area contributed by atoms with Crippen molar-refractivity contribution in [3.05, 3.63) is 58.9 Å². The first-order valence-corrected chi connectivity index (χ1v) is 6.95. The molecule has 0 aliphatic rings. The standard InChI is InChI=1S/C16H21ClN2/c1-16(2,3)18-10-13-8-9-19(11-13)12-14-6-4-5-7-15(14)17/h4-9,11,18H,10,12H2,1-3H3. The quantitative estimate of drug-likeness (QED) is 0.890. The van der Waals surface area contributed by atoms with Crippen LogP contribution >= 0.6 is 11.6 Å². The Labute approximate surface area is 120 Å². The number of hydrogen-bond donors (Lipinski definition) is 1. The van der Waals surface area contributed by atoms with Gasteiger partial charge in [-0.2, -0.15) is 0 Å². The predicted octanol–water partition coefficient (Wildman–Crippen LogP) is 4.08. The Morgan fingerprint density at radius 2 is 1.89 bits per heavy atom. The zero-order valence-corrected chi connectivity index (χ0v) is 12.5. The molecule has 102 valence electrons. The van der Waals surface area contributed by atoms with Gasteiger partial charge in [-0.3, -0.25) is 0 Å². The van der Waals surface area contributed by atoms with E-state index in [4.69, 9.17) is 11.6 Å². The molecule has 1 aromatic heterocycles. The summed E-state index contributed by atoms with van der Waals surface area (Å²) in [4.78, 5) is 0. The van der Waals surface area contributed by atoms with Gasteiger partial charge in [-0.1, -0.05) is 29.8 Å². The molecule has 2 rings (SSSR count). The normalized spacial score (nSPS) is 11.8. The van der Waals surface area contributed by atoms with E-state index < -0.39 is 0 Å². The number of rotatable bonds is 4. The van der Waals surface area contributed by atoms with Crippen LogP contribution in [0.2, 0.25) is 5.02 Å². The molecule has 0 bridgehead atoms. The first-order valence-electron chi connectivity index (χ1n) is 6.57. The zero-order chi connectivity index (χ0) is 13.9. The predicted molar refractivity (Wildman–Crippen MR) is 81.6 cm³/mol. The maximum atomic E-state index is 6.18. The summed E-state index contributed by atoms with van der Waals surface area (Å²) in [5.41, 5.74) is 2.59. The van der Waals surface area contributed by atoms with Crippen molar-refractivity contribution in [2.45, 2.75) is 39.4 Å². The smallest absolute Gasteiger partial charge is 0.0485 e. The largest absolute Gasteiger partial charge is 0.350 e. The van der Waals surface area contributed by atoms with E-state index in [1.54, 1.807) is 0 Å². The van der Waals surface area contributed by atoms with Crippen LogP contribution < -0.4 is 5.32 Å². The number of nitrogens with zero attached hydrogens (tertiary/aromatic N) is 1. The molecule has 0 atom stereocenters. The highest BCUT2D eigenvalue weighted by molar-refractivity contribution is 6.31. The lowest BCUT2D eigenvalue weighted by molar-refractivity contribution is 0.424. The van der Waals surface area contributed by atoms with E-state index in [9.17, 15) is 0 Å². The highest BCUT2D eigenvalue weighted by Gasteiger charge is 2.09. The lowest BCUT2D eigenvalue weighted by atomic mass is 10.1. The van der Waals surface area contributed by atoms with Crippen LogP contribution in [0.5, 0.6) is 0 Å². The van der Waals surface area contributed by atoms with Crippen LogP contribution in [-0.4, -0.2) is 10.1 Å². The Kier molecular flexibility index (Phi) is 4.33. The third kappa shape index (κ3) is 4.41. The van der Waals surface area contributed by atoms with Crippen LogP contribution in [0.1, 0.15) is 31.9 Å². The van der Waals surface area contributed by atoms with Gasteiger partial charge in [0, 0.05) is 36.0 Å². The second-order valence-electron chi connectivity index (χ2n) is 5.89. The van der Waals surface area contributed by atoms with Gasteiger partial charge in [0.2, 0.25) is 0 Å². The van der Waals surface area contributed by atoms with Gasteiger partial charge in [-0.25, -0.2) is 0 Å². The summed E-state index contributed by atoms with van der Waals surface area (Å²) in [6.07, 6.45) is 4.27. The van der Waals surface area contributed by atoms with E-state index in [0.717, 1.165) is 23.7 Å². The van der Waals surface area contributed by atoms with Crippen LogP contribution in [0.4, 0.5) is 0 Å². The van der Waals surface area contributed by atoms with Crippen LogP contribution in [0, 0.1) is 0 Å². The first kappa shape index (κ1) is 14.2. The van der Waals surface area contributed by atoms with Crippen molar-refractivity contribution in [2.75, 3.05) is 0 Å². The number of aromatic nitrogens is 1. The highest BCUT2D eigenvalue weighted by atomic mass is 35.5. The third-order valence-electron chi connectivity index (χ3n) is 2.95. The molecule has 0 amide bonds. The minimum absolute atomic E-state index is 0.144. The van der Waals surface area contributed by atoms with Crippen molar-refractivity contribution in [3.63, 3.8) is 0 Å². The topological polar surface area (TPSA) is 17.0 Å². The molecule has 0 radical (unpaired) electrons. The molecule has 3 heteroatoms. The summed E-state index contributed by atoms with van der Waals surface area (Å²) in [6.45, 7) is 8.23.